The summed E-state index contributed by atoms with van der Waals surface area (Å²) in [6.07, 6.45) is 1.94. The molecule has 0 spiro atoms. The standard InChI is InChI=1S/C10H18N2O/c1-8-4-9(2)12(6-8)10(3)5-11-7-13/h7-9H,3-6H2,1-2H3,(H,11,13)/t8-,9+/m0/s1. The van der Waals surface area contributed by atoms with Crippen molar-refractivity contribution >= 4 is 6.41 Å². The van der Waals surface area contributed by atoms with Crippen LogP contribution in [0, 0.1) is 5.92 Å². The minimum atomic E-state index is 0.566. The lowest BCUT2D eigenvalue weighted by Crippen LogP contribution is -2.31. The maximum Gasteiger partial charge on any atom is 0.207 e. The number of likely N-dealkylation sites (tertiary alicyclic amines) is 1. The van der Waals surface area contributed by atoms with Gasteiger partial charge in [0.05, 0.1) is 6.54 Å². The van der Waals surface area contributed by atoms with E-state index in [0.29, 0.717) is 12.6 Å². The first-order valence-electron chi connectivity index (χ1n) is 4.76. The summed E-state index contributed by atoms with van der Waals surface area (Å²) in [7, 11) is 0. The van der Waals surface area contributed by atoms with Gasteiger partial charge in [0.25, 0.3) is 0 Å². The molecule has 1 amide bonds. The third-order valence-electron chi connectivity index (χ3n) is 2.58. The fraction of sp³-hybridized carbons (Fsp3) is 0.700. The van der Waals surface area contributed by atoms with Gasteiger partial charge < -0.3 is 10.2 Å². The summed E-state index contributed by atoms with van der Waals surface area (Å²) in [6, 6.07) is 0.566. The summed E-state index contributed by atoms with van der Waals surface area (Å²) in [5, 5.41) is 2.64. The maximum absolute atomic E-state index is 10.1. The first-order valence-corrected chi connectivity index (χ1v) is 4.76. The maximum atomic E-state index is 10.1. The van der Waals surface area contributed by atoms with E-state index in [2.05, 4.69) is 30.6 Å². The van der Waals surface area contributed by atoms with Gasteiger partial charge in [0.2, 0.25) is 6.41 Å². The Labute approximate surface area is 79.8 Å². The second-order valence-corrected chi connectivity index (χ2v) is 3.91. The average molecular weight is 182 g/mol. The summed E-state index contributed by atoms with van der Waals surface area (Å²) >= 11 is 0. The van der Waals surface area contributed by atoms with Crippen LogP contribution in [-0.2, 0) is 4.79 Å². The van der Waals surface area contributed by atoms with Crippen molar-refractivity contribution in [2.45, 2.75) is 26.3 Å². The SMILES string of the molecule is C=C(CNC=O)N1C[C@@H](C)C[C@H]1C. The summed E-state index contributed by atoms with van der Waals surface area (Å²) in [5.41, 5.74) is 1.02. The molecule has 74 valence electrons. The van der Waals surface area contributed by atoms with Gasteiger partial charge in [-0.3, -0.25) is 4.79 Å². The van der Waals surface area contributed by atoms with Crippen LogP contribution in [0.5, 0.6) is 0 Å². The molecule has 1 fully saturated rings. The first kappa shape index (κ1) is 10.1. The average Bonchev–Trinajstić information content (AvgIpc) is 2.41. The van der Waals surface area contributed by atoms with E-state index in [1.54, 1.807) is 0 Å². The fourth-order valence-corrected chi connectivity index (χ4v) is 2.00. The molecule has 0 unspecified atom stereocenters. The second kappa shape index (κ2) is 4.30. The van der Waals surface area contributed by atoms with Crippen LogP contribution < -0.4 is 5.32 Å². The monoisotopic (exact) mass is 182 g/mol. The molecular weight excluding hydrogens is 164 g/mol. The third kappa shape index (κ3) is 2.47. The Kier molecular flexibility index (Phi) is 3.34. The molecule has 0 radical (unpaired) electrons. The Balaban J connectivity index is 2.42. The van der Waals surface area contributed by atoms with Gasteiger partial charge in [-0.25, -0.2) is 0 Å². The molecule has 13 heavy (non-hydrogen) atoms. The summed E-state index contributed by atoms with van der Waals surface area (Å²) in [5.74, 6) is 0.739. The summed E-state index contributed by atoms with van der Waals surface area (Å²) in [6.45, 7) is 10.1. The predicted molar refractivity (Wildman–Crippen MR) is 53.2 cm³/mol. The molecule has 0 aromatic rings. The van der Waals surface area contributed by atoms with E-state index in [1.165, 1.54) is 6.42 Å². The van der Waals surface area contributed by atoms with Crippen LogP contribution in [-0.4, -0.2) is 30.4 Å². The van der Waals surface area contributed by atoms with E-state index < -0.39 is 0 Å². The van der Waals surface area contributed by atoms with E-state index in [9.17, 15) is 4.79 Å². The highest BCUT2D eigenvalue weighted by molar-refractivity contribution is 5.46. The molecule has 0 bridgehead atoms. The number of hydrogen-bond acceptors (Lipinski definition) is 2. The lowest BCUT2D eigenvalue weighted by Gasteiger charge is -2.25. The molecule has 0 aliphatic carbocycles. The van der Waals surface area contributed by atoms with Crippen LogP contribution >= 0.6 is 0 Å². The number of hydrogen-bond donors (Lipinski definition) is 1. The zero-order chi connectivity index (χ0) is 9.84. The highest BCUT2D eigenvalue weighted by Gasteiger charge is 2.26. The number of amides is 1. The molecule has 1 saturated heterocycles. The quantitative estimate of drug-likeness (QED) is 0.657. The highest BCUT2D eigenvalue weighted by Crippen LogP contribution is 2.24. The molecule has 1 N–H and O–H groups in total. The predicted octanol–water partition coefficient (Wildman–Crippen LogP) is 0.976. The smallest absolute Gasteiger partial charge is 0.207 e. The molecule has 2 atom stereocenters. The van der Waals surface area contributed by atoms with Gasteiger partial charge in [-0.15, -0.1) is 0 Å². The van der Waals surface area contributed by atoms with Crippen LogP contribution in [0.15, 0.2) is 12.3 Å². The Morgan fingerprint density at radius 1 is 1.69 bits per heavy atom. The van der Waals surface area contributed by atoms with Crippen LogP contribution in [0.4, 0.5) is 0 Å². The minimum Gasteiger partial charge on any atom is -0.371 e. The van der Waals surface area contributed by atoms with Gasteiger partial charge in [-0.2, -0.15) is 0 Å². The van der Waals surface area contributed by atoms with E-state index in [4.69, 9.17) is 0 Å². The highest BCUT2D eigenvalue weighted by atomic mass is 16.1. The molecule has 3 nitrogen and oxygen atoms in total. The lowest BCUT2D eigenvalue weighted by molar-refractivity contribution is -0.109. The van der Waals surface area contributed by atoms with Crippen molar-refractivity contribution in [3.05, 3.63) is 12.3 Å². The van der Waals surface area contributed by atoms with Crippen molar-refractivity contribution in [1.29, 1.82) is 0 Å². The minimum absolute atomic E-state index is 0.566. The Morgan fingerprint density at radius 2 is 2.38 bits per heavy atom. The number of carbonyl (C=O) groups excluding carboxylic acids is 1. The van der Waals surface area contributed by atoms with Crippen molar-refractivity contribution in [3.63, 3.8) is 0 Å². The lowest BCUT2D eigenvalue weighted by atomic mass is 10.1. The van der Waals surface area contributed by atoms with Gasteiger partial charge in [0.15, 0.2) is 0 Å². The molecule has 3 heteroatoms. The van der Waals surface area contributed by atoms with E-state index >= 15 is 0 Å². The van der Waals surface area contributed by atoms with Crippen molar-refractivity contribution in [1.82, 2.24) is 10.2 Å². The molecule has 1 heterocycles. The van der Waals surface area contributed by atoms with Crippen LogP contribution in [0.2, 0.25) is 0 Å². The van der Waals surface area contributed by atoms with Crippen molar-refractivity contribution in [2.75, 3.05) is 13.1 Å². The molecule has 1 aliphatic heterocycles. The van der Waals surface area contributed by atoms with Crippen LogP contribution in [0.1, 0.15) is 20.3 Å². The van der Waals surface area contributed by atoms with Gasteiger partial charge in [-0.1, -0.05) is 13.5 Å². The largest absolute Gasteiger partial charge is 0.371 e. The Bertz CT molecular complexity index is 203. The normalized spacial score (nSPS) is 27.4. The fourth-order valence-electron chi connectivity index (χ4n) is 2.00. The number of nitrogens with zero attached hydrogens (tertiary/aromatic N) is 1. The molecular formula is C10H18N2O. The third-order valence-corrected chi connectivity index (χ3v) is 2.58. The van der Waals surface area contributed by atoms with Crippen molar-refractivity contribution < 1.29 is 4.79 Å². The van der Waals surface area contributed by atoms with E-state index in [-0.39, 0.29) is 0 Å². The molecule has 0 saturated carbocycles. The Morgan fingerprint density at radius 3 is 2.85 bits per heavy atom. The summed E-state index contributed by atoms with van der Waals surface area (Å²) < 4.78 is 0. The zero-order valence-corrected chi connectivity index (χ0v) is 8.42. The molecule has 1 aliphatic rings. The first-order chi connectivity index (χ1) is 6.15. The van der Waals surface area contributed by atoms with Gasteiger partial charge in [-0.05, 0) is 19.3 Å². The summed E-state index contributed by atoms with van der Waals surface area (Å²) in [4.78, 5) is 12.4. The van der Waals surface area contributed by atoms with Crippen LogP contribution in [0.25, 0.3) is 0 Å². The van der Waals surface area contributed by atoms with E-state index in [0.717, 1.165) is 24.6 Å². The van der Waals surface area contributed by atoms with Gasteiger partial charge in [0, 0.05) is 18.3 Å². The zero-order valence-electron chi connectivity index (χ0n) is 8.42. The van der Waals surface area contributed by atoms with Crippen molar-refractivity contribution in [3.8, 4) is 0 Å². The molecule has 0 aromatic carbocycles. The topological polar surface area (TPSA) is 32.3 Å². The number of rotatable bonds is 4. The van der Waals surface area contributed by atoms with Gasteiger partial charge >= 0.3 is 0 Å². The molecule has 0 aromatic heterocycles. The van der Waals surface area contributed by atoms with Crippen LogP contribution in [0.3, 0.4) is 0 Å². The van der Waals surface area contributed by atoms with Gasteiger partial charge in [0.1, 0.15) is 0 Å². The van der Waals surface area contributed by atoms with Crippen molar-refractivity contribution in [2.24, 2.45) is 5.92 Å². The second-order valence-electron chi connectivity index (χ2n) is 3.91. The van der Waals surface area contributed by atoms with E-state index in [1.807, 2.05) is 0 Å². The Hall–Kier alpha value is -0.990. The number of carbonyl (C=O) groups is 1. The molecule has 1 rings (SSSR count). The number of nitrogens with one attached hydrogen (secondary N) is 1.